The fraction of sp³-hybridized carbons (Fsp3) is 0.353. The Kier molecular flexibility index (Phi) is 8.38. The molecule has 0 saturated carbocycles. The summed E-state index contributed by atoms with van der Waals surface area (Å²) in [5.74, 6) is -0.243. The van der Waals surface area contributed by atoms with Gasteiger partial charge in [0, 0.05) is 11.3 Å². The molecule has 6 heteroatoms. The molecule has 0 aromatic heterocycles. The Balaban J connectivity index is 1.85. The molecule has 0 radical (unpaired) electrons. The van der Waals surface area contributed by atoms with Gasteiger partial charge in [-0.25, -0.2) is 0 Å². The maximum absolute atomic E-state index is 13.6. The average Bonchev–Trinajstić information content (AvgIpc) is 3.17. The van der Waals surface area contributed by atoms with Gasteiger partial charge in [0.25, 0.3) is 11.7 Å². The van der Waals surface area contributed by atoms with Crippen LogP contribution in [0.4, 0.5) is 5.69 Å². The van der Waals surface area contributed by atoms with Crippen molar-refractivity contribution >= 4 is 23.1 Å². The zero-order valence-corrected chi connectivity index (χ0v) is 24.4. The summed E-state index contributed by atoms with van der Waals surface area (Å²) in [7, 11) is 0. The van der Waals surface area contributed by atoms with Crippen LogP contribution in [-0.2, 0) is 15.0 Å². The van der Waals surface area contributed by atoms with E-state index in [0.29, 0.717) is 23.6 Å². The van der Waals surface area contributed by atoms with Crippen molar-refractivity contribution in [1.82, 2.24) is 0 Å². The van der Waals surface area contributed by atoms with E-state index in [9.17, 15) is 14.7 Å². The number of ether oxygens (including phenoxy) is 2. The third-order valence-electron chi connectivity index (χ3n) is 6.93. The topological polar surface area (TPSA) is 76.1 Å². The SMILES string of the molecule is CCCOc1ccc(/C(O)=C2/C(=O)C(=O)N(c3ccc(OC(C)C)cc3)C2c2ccc(C(C)(C)C)cc2)cc1C. The summed E-state index contributed by atoms with van der Waals surface area (Å²) in [6, 6.07) is 19.5. The number of aryl methyl sites for hydroxylation is 1. The van der Waals surface area contributed by atoms with Gasteiger partial charge in [-0.05, 0) is 91.8 Å². The number of aliphatic hydroxyl groups is 1. The lowest BCUT2D eigenvalue weighted by molar-refractivity contribution is -0.132. The summed E-state index contributed by atoms with van der Waals surface area (Å²) in [5.41, 5.74) is 3.68. The predicted octanol–water partition coefficient (Wildman–Crippen LogP) is 7.49. The molecule has 1 atom stereocenters. The quantitative estimate of drug-likeness (QED) is 0.182. The number of benzene rings is 3. The number of ketones is 1. The third kappa shape index (κ3) is 5.91. The molecule has 210 valence electrons. The van der Waals surface area contributed by atoms with Gasteiger partial charge in [0.1, 0.15) is 17.3 Å². The average molecular weight is 542 g/mol. The summed E-state index contributed by atoms with van der Waals surface area (Å²) in [4.78, 5) is 28.6. The first-order valence-electron chi connectivity index (χ1n) is 13.8. The second kappa shape index (κ2) is 11.6. The Morgan fingerprint density at radius 3 is 2.17 bits per heavy atom. The predicted molar refractivity (Wildman–Crippen MR) is 159 cm³/mol. The molecule has 1 fully saturated rings. The van der Waals surface area contributed by atoms with Crippen LogP contribution < -0.4 is 14.4 Å². The first-order chi connectivity index (χ1) is 18.9. The monoisotopic (exact) mass is 541 g/mol. The van der Waals surface area contributed by atoms with Crippen molar-refractivity contribution < 1.29 is 24.2 Å². The Morgan fingerprint density at radius 1 is 0.975 bits per heavy atom. The smallest absolute Gasteiger partial charge is 0.300 e. The lowest BCUT2D eigenvalue weighted by Crippen LogP contribution is -2.29. The molecule has 0 spiro atoms. The number of carbonyl (C=O) groups is 2. The van der Waals surface area contributed by atoms with Crippen molar-refractivity contribution in [2.45, 2.75) is 72.4 Å². The van der Waals surface area contributed by atoms with Crippen molar-refractivity contribution in [1.29, 1.82) is 0 Å². The second-order valence-electron chi connectivity index (χ2n) is 11.5. The highest BCUT2D eigenvalue weighted by molar-refractivity contribution is 6.51. The van der Waals surface area contributed by atoms with Crippen molar-refractivity contribution in [2.24, 2.45) is 0 Å². The normalized spacial score (nSPS) is 17.0. The van der Waals surface area contributed by atoms with E-state index in [1.54, 1.807) is 42.5 Å². The standard InChI is InChI=1S/C34H39NO5/c1-8-19-39-28-18-11-24(20-22(28)4)31(36)29-30(23-9-12-25(13-10-23)34(5,6)7)35(33(38)32(29)37)26-14-16-27(17-15-26)40-21(2)3/h9-18,20-21,30,36H,8,19H2,1-7H3/b31-29-. The zero-order chi connectivity index (χ0) is 29.2. The first kappa shape index (κ1) is 28.9. The van der Waals surface area contributed by atoms with Crippen molar-refractivity contribution in [3.8, 4) is 11.5 Å². The van der Waals surface area contributed by atoms with E-state index < -0.39 is 17.7 Å². The summed E-state index contributed by atoms with van der Waals surface area (Å²) < 4.78 is 11.6. The number of hydrogen-bond acceptors (Lipinski definition) is 5. The van der Waals surface area contributed by atoms with E-state index in [2.05, 4.69) is 20.8 Å². The number of rotatable bonds is 8. The van der Waals surface area contributed by atoms with Crippen molar-refractivity contribution in [3.63, 3.8) is 0 Å². The van der Waals surface area contributed by atoms with Crippen LogP contribution in [0.25, 0.3) is 5.76 Å². The Hall–Kier alpha value is -4.06. The third-order valence-corrected chi connectivity index (χ3v) is 6.93. The molecule has 1 amide bonds. The number of carbonyl (C=O) groups excluding carboxylic acids is 2. The van der Waals surface area contributed by atoms with E-state index in [0.717, 1.165) is 28.9 Å². The highest BCUT2D eigenvalue weighted by atomic mass is 16.5. The molecule has 0 aliphatic carbocycles. The lowest BCUT2D eigenvalue weighted by Gasteiger charge is -2.27. The minimum atomic E-state index is -0.804. The number of hydrogen-bond donors (Lipinski definition) is 1. The summed E-state index contributed by atoms with van der Waals surface area (Å²) >= 11 is 0. The van der Waals surface area contributed by atoms with Crippen LogP contribution in [0.15, 0.2) is 72.3 Å². The summed E-state index contributed by atoms with van der Waals surface area (Å²) in [6.07, 6.45) is 0.882. The highest BCUT2D eigenvalue weighted by Gasteiger charge is 2.47. The second-order valence-corrected chi connectivity index (χ2v) is 11.5. The van der Waals surface area contributed by atoms with Gasteiger partial charge in [0.15, 0.2) is 0 Å². The molecule has 4 rings (SSSR count). The number of amides is 1. The minimum absolute atomic E-state index is 0.00336. The van der Waals surface area contributed by atoms with Gasteiger partial charge in [-0.1, -0.05) is 52.0 Å². The maximum atomic E-state index is 13.6. The van der Waals surface area contributed by atoms with Crippen LogP contribution in [0, 0.1) is 6.92 Å². The lowest BCUT2D eigenvalue weighted by atomic mass is 9.85. The van der Waals surface area contributed by atoms with Gasteiger partial charge in [-0.2, -0.15) is 0 Å². The molecule has 3 aromatic rings. The van der Waals surface area contributed by atoms with Crippen LogP contribution in [0.3, 0.4) is 0 Å². The molecule has 40 heavy (non-hydrogen) atoms. The summed E-state index contributed by atoms with van der Waals surface area (Å²) in [5, 5.41) is 11.5. The summed E-state index contributed by atoms with van der Waals surface area (Å²) in [6.45, 7) is 14.8. The molecule has 1 aliphatic heterocycles. The minimum Gasteiger partial charge on any atom is -0.507 e. The van der Waals surface area contributed by atoms with Gasteiger partial charge in [0.05, 0.1) is 24.3 Å². The Morgan fingerprint density at radius 2 is 1.62 bits per heavy atom. The Bertz CT molecular complexity index is 1410. The molecule has 1 aliphatic rings. The van der Waals surface area contributed by atoms with Crippen molar-refractivity contribution in [3.05, 3.63) is 94.6 Å². The van der Waals surface area contributed by atoms with Crippen LogP contribution in [0.2, 0.25) is 0 Å². The molecular weight excluding hydrogens is 502 g/mol. The molecule has 1 heterocycles. The van der Waals surface area contributed by atoms with Gasteiger partial charge >= 0.3 is 0 Å². The molecular formula is C34H39NO5. The molecule has 1 N–H and O–H groups in total. The zero-order valence-electron chi connectivity index (χ0n) is 24.4. The van der Waals surface area contributed by atoms with E-state index in [1.165, 1.54) is 4.90 Å². The number of anilines is 1. The van der Waals surface area contributed by atoms with E-state index in [4.69, 9.17) is 9.47 Å². The van der Waals surface area contributed by atoms with Gasteiger partial charge in [-0.15, -0.1) is 0 Å². The van der Waals surface area contributed by atoms with Crippen LogP contribution in [0.5, 0.6) is 11.5 Å². The number of nitrogens with zero attached hydrogens (tertiary/aromatic N) is 1. The molecule has 0 bridgehead atoms. The van der Waals surface area contributed by atoms with Crippen LogP contribution >= 0.6 is 0 Å². The largest absolute Gasteiger partial charge is 0.507 e. The van der Waals surface area contributed by atoms with Gasteiger partial charge < -0.3 is 14.6 Å². The van der Waals surface area contributed by atoms with E-state index in [1.807, 2.05) is 52.0 Å². The van der Waals surface area contributed by atoms with Crippen LogP contribution in [0.1, 0.15) is 76.3 Å². The fourth-order valence-corrected chi connectivity index (χ4v) is 4.86. The van der Waals surface area contributed by atoms with Gasteiger partial charge in [0.2, 0.25) is 0 Å². The maximum Gasteiger partial charge on any atom is 0.300 e. The number of Topliss-reactive ketones (excluding diaryl/α,β-unsaturated/α-hetero) is 1. The molecule has 1 unspecified atom stereocenters. The van der Waals surface area contributed by atoms with Crippen LogP contribution in [-0.4, -0.2) is 29.5 Å². The van der Waals surface area contributed by atoms with Gasteiger partial charge in [-0.3, -0.25) is 14.5 Å². The fourth-order valence-electron chi connectivity index (χ4n) is 4.86. The molecule has 6 nitrogen and oxygen atoms in total. The number of aliphatic hydroxyl groups excluding tert-OH is 1. The molecule has 1 saturated heterocycles. The highest BCUT2D eigenvalue weighted by Crippen LogP contribution is 2.43. The van der Waals surface area contributed by atoms with E-state index >= 15 is 0 Å². The van der Waals surface area contributed by atoms with E-state index in [-0.39, 0.29) is 22.9 Å². The van der Waals surface area contributed by atoms with Crippen molar-refractivity contribution in [2.75, 3.05) is 11.5 Å². The molecule has 3 aromatic carbocycles. The first-order valence-corrected chi connectivity index (χ1v) is 13.8. The Labute approximate surface area is 237 Å².